The standard InChI is InChI=1S/C21H21N7O/c22-17(10-14-5-2-1-3-6-14)21(29)27-16-8-4-7-15(9-16)11-28-13-26-18-19(23)24-12-25-20(18)28/h1-9,12-13,17H,10-11,22H2,(H,27,29)(H2,23,24,25). The summed E-state index contributed by atoms with van der Waals surface area (Å²) in [5.41, 5.74) is 15.8. The van der Waals surface area contributed by atoms with Gasteiger partial charge in [0.1, 0.15) is 11.8 Å². The highest BCUT2D eigenvalue weighted by Crippen LogP contribution is 2.18. The van der Waals surface area contributed by atoms with Crippen LogP contribution in [0.15, 0.2) is 67.3 Å². The van der Waals surface area contributed by atoms with Gasteiger partial charge >= 0.3 is 0 Å². The Morgan fingerprint density at radius 3 is 2.66 bits per heavy atom. The zero-order valence-corrected chi connectivity index (χ0v) is 15.7. The van der Waals surface area contributed by atoms with E-state index in [0.29, 0.717) is 35.6 Å². The van der Waals surface area contributed by atoms with Crippen LogP contribution in [0.1, 0.15) is 11.1 Å². The van der Waals surface area contributed by atoms with Crippen molar-refractivity contribution >= 4 is 28.6 Å². The Labute approximate surface area is 167 Å². The number of nitrogens with one attached hydrogen (secondary N) is 1. The molecule has 0 bridgehead atoms. The molecule has 8 heteroatoms. The van der Waals surface area contributed by atoms with Crippen LogP contribution in [0.4, 0.5) is 11.5 Å². The summed E-state index contributed by atoms with van der Waals surface area (Å²) in [7, 11) is 0. The van der Waals surface area contributed by atoms with Crippen LogP contribution in [-0.2, 0) is 17.8 Å². The van der Waals surface area contributed by atoms with Gasteiger partial charge < -0.3 is 21.4 Å². The highest BCUT2D eigenvalue weighted by molar-refractivity contribution is 5.94. The quantitative estimate of drug-likeness (QED) is 0.464. The molecule has 4 aromatic rings. The Morgan fingerprint density at radius 2 is 1.83 bits per heavy atom. The molecule has 0 aliphatic heterocycles. The van der Waals surface area contributed by atoms with E-state index in [2.05, 4.69) is 20.3 Å². The summed E-state index contributed by atoms with van der Waals surface area (Å²) in [4.78, 5) is 25.0. The highest BCUT2D eigenvalue weighted by atomic mass is 16.2. The largest absolute Gasteiger partial charge is 0.382 e. The molecule has 0 aliphatic rings. The first-order valence-corrected chi connectivity index (χ1v) is 9.21. The van der Waals surface area contributed by atoms with E-state index in [1.165, 1.54) is 6.33 Å². The lowest BCUT2D eigenvalue weighted by atomic mass is 10.1. The maximum atomic E-state index is 12.5. The Bertz CT molecular complexity index is 1140. The number of imidazole rings is 1. The number of aromatic nitrogens is 4. The normalized spacial score (nSPS) is 12.0. The molecule has 29 heavy (non-hydrogen) atoms. The molecule has 2 aromatic carbocycles. The van der Waals surface area contributed by atoms with Crippen molar-refractivity contribution < 1.29 is 4.79 Å². The maximum absolute atomic E-state index is 12.5. The fourth-order valence-electron chi connectivity index (χ4n) is 3.15. The van der Waals surface area contributed by atoms with E-state index in [-0.39, 0.29) is 5.91 Å². The fourth-order valence-corrected chi connectivity index (χ4v) is 3.15. The van der Waals surface area contributed by atoms with Crippen LogP contribution in [0, 0.1) is 0 Å². The first-order valence-electron chi connectivity index (χ1n) is 9.21. The highest BCUT2D eigenvalue weighted by Gasteiger charge is 2.14. The molecule has 0 saturated carbocycles. The van der Waals surface area contributed by atoms with Crippen LogP contribution in [0.2, 0.25) is 0 Å². The number of carbonyl (C=O) groups is 1. The van der Waals surface area contributed by atoms with Crippen molar-refractivity contribution in [3.8, 4) is 0 Å². The topological polar surface area (TPSA) is 125 Å². The summed E-state index contributed by atoms with van der Waals surface area (Å²) in [5.74, 6) is 0.127. The Balaban J connectivity index is 1.45. The average Bonchev–Trinajstić information content (AvgIpc) is 3.13. The molecule has 2 aromatic heterocycles. The third-order valence-electron chi connectivity index (χ3n) is 4.61. The number of rotatable bonds is 6. The first kappa shape index (κ1) is 18.6. The SMILES string of the molecule is Nc1ncnc2c1ncn2Cc1cccc(NC(=O)C(N)Cc2ccccc2)c1. The maximum Gasteiger partial charge on any atom is 0.241 e. The van der Waals surface area contributed by atoms with Crippen LogP contribution in [-0.4, -0.2) is 31.5 Å². The van der Waals surface area contributed by atoms with E-state index in [1.807, 2.05) is 59.2 Å². The molecular weight excluding hydrogens is 366 g/mol. The van der Waals surface area contributed by atoms with Gasteiger partial charge in [-0.2, -0.15) is 0 Å². The number of nitrogen functional groups attached to an aromatic ring is 1. The van der Waals surface area contributed by atoms with E-state index < -0.39 is 6.04 Å². The van der Waals surface area contributed by atoms with Gasteiger partial charge in [-0.15, -0.1) is 0 Å². The average molecular weight is 387 g/mol. The number of anilines is 2. The molecule has 5 N–H and O–H groups in total. The smallest absolute Gasteiger partial charge is 0.241 e. The molecule has 0 radical (unpaired) electrons. The summed E-state index contributed by atoms with van der Waals surface area (Å²) in [6.45, 7) is 0.534. The summed E-state index contributed by atoms with van der Waals surface area (Å²) >= 11 is 0. The van der Waals surface area contributed by atoms with Gasteiger partial charge in [-0.3, -0.25) is 4.79 Å². The molecule has 0 saturated heterocycles. The van der Waals surface area contributed by atoms with E-state index in [9.17, 15) is 4.79 Å². The second-order valence-corrected chi connectivity index (χ2v) is 6.79. The van der Waals surface area contributed by atoms with E-state index >= 15 is 0 Å². The second kappa shape index (κ2) is 8.07. The van der Waals surface area contributed by atoms with Crippen molar-refractivity contribution in [2.75, 3.05) is 11.1 Å². The molecule has 1 amide bonds. The number of amides is 1. The Hall–Kier alpha value is -3.78. The lowest BCUT2D eigenvalue weighted by molar-refractivity contribution is -0.117. The molecular formula is C21H21N7O. The molecule has 0 spiro atoms. The van der Waals surface area contributed by atoms with E-state index in [0.717, 1.165) is 11.1 Å². The minimum Gasteiger partial charge on any atom is -0.382 e. The van der Waals surface area contributed by atoms with Crippen molar-refractivity contribution in [2.24, 2.45) is 5.73 Å². The van der Waals surface area contributed by atoms with Crippen molar-refractivity contribution in [1.82, 2.24) is 19.5 Å². The number of fused-ring (bicyclic) bond motifs is 1. The molecule has 4 rings (SSSR count). The Morgan fingerprint density at radius 1 is 1.03 bits per heavy atom. The van der Waals surface area contributed by atoms with Gasteiger partial charge in [0.2, 0.25) is 5.91 Å². The zero-order chi connectivity index (χ0) is 20.2. The van der Waals surface area contributed by atoms with Crippen molar-refractivity contribution in [2.45, 2.75) is 19.0 Å². The van der Waals surface area contributed by atoms with Gasteiger partial charge in [0.25, 0.3) is 0 Å². The monoisotopic (exact) mass is 387 g/mol. The van der Waals surface area contributed by atoms with Crippen molar-refractivity contribution in [3.05, 3.63) is 78.4 Å². The van der Waals surface area contributed by atoms with Crippen LogP contribution >= 0.6 is 0 Å². The number of benzene rings is 2. The molecule has 1 unspecified atom stereocenters. The van der Waals surface area contributed by atoms with Gasteiger partial charge in [-0.1, -0.05) is 42.5 Å². The Kier molecular flexibility index (Phi) is 5.17. The number of nitrogens with zero attached hydrogens (tertiary/aromatic N) is 4. The van der Waals surface area contributed by atoms with Crippen LogP contribution < -0.4 is 16.8 Å². The van der Waals surface area contributed by atoms with Crippen molar-refractivity contribution in [3.63, 3.8) is 0 Å². The van der Waals surface area contributed by atoms with E-state index in [1.54, 1.807) is 6.33 Å². The molecule has 146 valence electrons. The summed E-state index contributed by atoms with van der Waals surface area (Å²) in [5, 5.41) is 2.89. The molecule has 1 atom stereocenters. The molecule has 0 fully saturated rings. The predicted molar refractivity (Wildman–Crippen MR) is 112 cm³/mol. The lowest BCUT2D eigenvalue weighted by Crippen LogP contribution is -2.37. The van der Waals surface area contributed by atoms with Gasteiger partial charge in [0, 0.05) is 5.69 Å². The summed E-state index contributed by atoms with van der Waals surface area (Å²) in [6.07, 6.45) is 3.58. The van der Waals surface area contributed by atoms with Gasteiger partial charge in [0.15, 0.2) is 11.5 Å². The third-order valence-corrected chi connectivity index (χ3v) is 4.61. The summed E-state index contributed by atoms with van der Waals surface area (Å²) in [6, 6.07) is 16.7. The summed E-state index contributed by atoms with van der Waals surface area (Å²) < 4.78 is 1.88. The van der Waals surface area contributed by atoms with Crippen LogP contribution in [0.5, 0.6) is 0 Å². The molecule has 2 heterocycles. The van der Waals surface area contributed by atoms with Crippen LogP contribution in [0.3, 0.4) is 0 Å². The minimum absolute atomic E-state index is 0.223. The van der Waals surface area contributed by atoms with Gasteiger partial charge in [0.05, 0.1) is 18.9 Å². The first-order chi connectivity index (χ1) is 14.1. The van der Waals surface area contributed by atoms with Gasteiger partial charge in [-0.05, 0) is 29.7 Å². The molecule has 8 nitrogen and oxygen atoms in total. The van der Waals surface area contributed by atoms with Crippen molar-refractivity contribution in [1.29, 1.82) is 0 Å². The van der Waals surface area contributed by atoms with Crippen LogP contribution in [0.25, 0.3) is 11.2 Å². The van der Waals surface area contributed by atoms with Gasteiger partial charge in [-0.25, -0.2) is 15.0 Å². The lowest BCUT2D eigenvalue weighted by Gasteiger charge is -2.13. The zero-order valence-electron chi connectivity index (χ0n) is 15.7. The minimum atomic E-state index is -0.627. The number of carbonyl (C=O) groups excluding carboxylic acids is 1. The number of nitrogens with two attached hydrogens (primary N) is 2. The fraction of sp³-hybridized carbons (Fsp3) is 0.143. The predicted octanol–water partition coefficient (Wildman–Crippen LogP) is 1.97. The second-order valence-electron chi connectivity index (χ2n) is 6.79. The number of hydrogen-bond donors (Lipinski definition) is 3. The van der Waals surface area contributed by atoms with E-state index in [4.69, 9.17) is 11.5 Å². The number of hydrogen-bond acceptors (Lipinski definition) is 6. The molecule has 0 aliphatic carbocycles. The third kappa shape index (κ3) is 4.22.